The molecule has 0 atom stereocenters. The quantitative estimate of drug-likeness (QED) is 0.855. The molecule has 1 N–H and O–H groups in total. The molecule has 5 nitrogen and oxygen atoms in total. The fraction of sp³-hybridized carbons (Fsp3) is 0.357. The van der Waals surface area contributed by atoms with Crippen molar-refractivity contribution in [2.24, 2.45) is 0 Å². The van der Waals surface area contributed by atoms with Gasteiger partial charge in [-0.25, -0.2) is 4.98 Å². The molecule has 0 aliphatic heterocycles. The summed E-state index contributed by atoms with van der Waals surface area (Å²) in [4.78, 5) is 23.7. The molecule has 1 fully saturated rings. The van der Waals surface area contributed by atoms with E-state index in [-0.39, 0.29) is 5.97 Å². The van der Waals surface area contributed by atoms with Crippen molar-refractivity contribution in [3.63, 3.8) is 0 Å². The van der Waals surface area contributed by atoms with Gasteiger partial charge in [0, 0.05) is 18.0 Å². The van der Waals surface area contributed by atoms with E-state index >= 15 is 0 Å². The number of aromatic nitrogens is 3. The Kier molecular flexibility index (Phi) is 2.81. The van der Waals surface area contributed by atoms with Crippen LogP contribution < -0.4 is 0 Å². The Bertz CT molecular complexity index is 588. The molecule has 0 bridgehead atoms. The molecule has 5 heteroatoms. The van der Waals surface area contributed by atoms with Gasteiger partial charge >= 0.3 is 5.97 Å². The highest BCUT2D eigenvalue weighted by Crippen LogP contribution is 2.43. The zero-order valence-corrected chi connectivity index (χ0v) is 10.7. The molecule has 0 spiro atoms. The van der Waals surface area contributed by atoms with Crippen molar-refractivity contribution >= 4 is 5.97 Å². The van der Waals surface area contributed by atoms with E-state index in [1.807, 2.05) is 12.1 Å². The third-order valence-electron chi connectivity index (χ3n) is 3.78. The summed E-state index contributed by atoms with van der Waals surface area (Å²) < 4.78 is 4.92. The Labute approximate surface area is 111 Å². The summed E-state index contributed by atoms with van der Waals surface area (Å²) in [5.74, 6) is 0.496. The van der Waals surface area contributed by atoms with Gasteiger partial charge in [0.15, 0.2) is 0 Å². The van der Waals surface area contributed by atoms with Gasteiger partial charge in [-0.2, -0.15) is 0 Å². The third kappa shape index (κ3) is 1.82. The molecule has 0 aromatic carbocycles. The first kappa shape index (κ1) is 11.9. The average Bonchev–Trinajstić information content (AvgIpc) is 2.88. The predicted octanol–water partition coefficient (Wildman–Crippen LogP) is 2.07. The van der Waals surface area contributed by atoms with Gasteiger partial charge in [-0.15, -0.1) is 0 Å². The van der Waals surface area contributed by atoms with Crippen LogP contribution in [0.2, 0.25) is 0 Å². The van der Waals surface area contributed by atoms with E-state index < -0.39 is 5.41 Å². The van der Waals surface area contributed by atoms with Gasteiger partial charge in [0.05, 0.1) is 19.0 Å². The van der Waals surface area contributed by atoms with E-state index in [1.54, 1.807) is 18.6 Å². The molecule has 0 unspecified atom stereocenters. The van der Waals surface area contributed by atoms with Crippen LogP contribution >= 0.6 is 0 Å². The van der Waals surface area contributed by atoms with Crippen molar-refractivity contribution in [1.82, 2.24) is 15.0 Å². The molecule has 2 heterocycles. The van der Waals surface area contributed by atoms with E-state index in [9.17, 15) is 4.79 Å². The van der Waals surface area contributed by atoms with Crippen molar-refractivity contribution < 1.29 is 9.53 Å². The smallest absolute Gasteiger partial charge is 0.319 e. The predicted molar refractivity (Wildman–Crippen MR) is 69.4 cm³/mol. The Hall–Kier alpha value is -2.17. The summed E-state index contributed by atoms with van der Waals surface area (Å²) in [6.07, 6.45) is 7.85. The summed E-state index contributed by atoms with van der Waals surface area (Å²) in [6.45, 7) is 0. The maximum absolute atomic E-state index is 12.0. The van der Waals surface area contributed by atoms with Crippen LogP contribution in [0.5, 0.6) is 0 Å². The second kappa shape index (κ2) is 4.50. The van der Waals surface area contributed by atoms with Gasteiger partial charge in [0.25, 0.3) is 0 Å². The first-order chi connectivity index (χ1) is 9.26. The molecular weight excluding hydrogens is 242 g/mol. The summed E-state index contributed by atoms with van der Waals surface area (Å²) in [5.41, 5.74) is 1.26. The third-order valence-corrected chi connectivity index (χ3v) is 3.78. The normalized spacial score (nSPS) is 16.7. The van der Waals surface area contributed by atoms with E-state index in [0.29, 0.717) is 5.82 Å². The number of hydrogen-bond donors (Lipinski definition) is 1. The van der Waals surface area contributed by atoms with Crippen LogP contribution in [-0.2, 0) is 14.9 Å². The number of ether oxygens (including phenoxy) is 1. The second-order valence-electron chi connectivity index (χ2n) is 4.81. The number of pyridine rings is 1. The van der Waals surface area contributed by atoms with E-state index in [0.717, 1.165) is 30.5 Å². The standard InChI is InChI=1S/C14H15N3O2/c1-19-13(18)14(5-3-6-14)12-16-9-11(17-12)10-4-2-7-15-8-10/h2,4,7-9H,3,5-6H2,1H3,(H,16,17). The molecular formula is C14H15N3O2. The zero-order valence-electron chi connectivity index (χ0n) is 10.7. The number of carbonyl (C=O) groups is 1. The summed E-state index contributed by atoms with van der Waals surface area (Å²) in [5, 5.41) is 0. The molecule has 1 saturated carbocycles. The van der Waals surface area contributed by atoms with Crippen LogP contribution in [0.3, 0.4) is 0 Å². The molecule has 0 saturated heterocycles. The maximum atomic E-state index is 12.0. The van der Waals surface area contributed by atoms with Gasteiger partial charge < -0.3 is 9.72 Å². The van der Waals surface area contributed by atoms with Gasteiger partial charge in [-0.05, 0) is 25.0 Å². The monoisotopic (exact) mass is 257 g/mol. The lowest BCUT2D eigenvalue weighted by Gasteiger charge is -2.36. The Morgan fingerprint density at radius 3 is 2.84 bits per heavy atom. The summed E-state index contributed by atoms with van der Waals surface area (Å²) in [6, 6.07) is 3.82. The minimum atomic E-state index is -0.574. The maximum Gasteiger partial charge on any atom is 0.319 e. The van der Waals surface area contributed by atoms with Crippen molar-refractivity contribution in [3.8, 4) is 11.3 Å². The number of H-pyrrole nitrogens is 1. The summed E-state index contributed by atoms with van der Waals surface area (Å²) in [7, 11) is 1.42. The van der Waals surface area contributed by atoms with E-state index in [2.05, 4.69) is 15.0 Å². The molecule has 19 heavy (non-hydrogen) atoms. The molecule has 98 valence electrons. The number of carbonyl (C=O) groups excluding carboxylic acids is 1. The van der Waals surface area contributed by atoms with Crippen molar-refractivity contribution in [3.05, 3.63) is 36.5 Å². The van der Waals surface area contributed by atoms with Crippen molar-refractivity contribution in [2.45, 2.75) is 24.7 Å². The fourth-order valence-electron chi connectivity index (χ4n) is 2.50. The molecule has 2 aromatic heterocycles. The highest BCUT2D eigenvalue weighted by atomic mass is 16.5. The Balaban J connectivity index is 1.95. The molecule has 0 amide bonds. The largest absolute Gasteiger partial charge is 0.468 e. The molecule has 0 radical (unpaired) electrons. The van der Waals surface area contributed by atoms with Gasteiger partial charge in [0.1, 0.15) is 11.2 Å². The van der Waals surface area contributed by atoms with E-state index in [1.165, 1.54) is 7.11 Å². The van der Waals surface area contributed by atoms with Crippen LogP contribution in [0.1, 0.15) is 25.1 Å². The summed E-state index contributed by atoms with van der Waals surface area (Å²) >= 11 is 0. The van der Waals surface area contributed by atoms with Crippen molar-refractivity contribution in [2.75, 3.05) is 7.11 Å². The lowest BCUT2D eigenvalue weighted by atomic mass is 9.68. The highest BCUT2D eigenvalue weighted by Gasteiger charge is 2.49. The molecule has 1 aliphatic carbocycles. The molecule has 3 rings (SSSR count). The number of nitrogens with one attached hydrogen (secondary N) is 1. The van der Waals surface area contributed by atoms with Crippen LogP contribution in [0.15, 0.2) is 30.7 Å². The Morgan fingerprint density at radius 2 is 2.26 bits per heavy atom. The number of hydrogen-bond acceptors (Lipinski definition) is 4. The number of rotatable bonds is 3. The fourth-order valence-corrected chi connectivity index (χ4v) is 2.50. The average molecular weight is 257 g/mol. The topological polar surface area (TPSA) is 67.9 Å². The Morgan fingerprint density at radius 1 is 1.42 bits per heavy atom. The lowest BCUT2D eigenvalue weighted by molar-refractivity contribution is -0.151. The van der Waals surface area contributed by atoms with Crippen molar-refractivity contribution in [1.29, 1.82) is 0 Å². The minimum Gasteiger partial charge on any atom is -0.468 e. The second-order valence-corrected chi connectivity index (χ2v) is 4.81. The number of nitrogens with zero attached hydrogens (tertiary/aromatic N) is 2. The number of aromatic amines is 1. The van der Waals surface area contributed by atoms with Gasteiger partial charge in [0.2, 0.25) is 0 Å². The number of imidazole rings is 1. The SMILES string of the molecule is COC(=O)C1(c2ncc(-c3cccnc3)[nH]2)CCC1. The first-order valence-electron chi connectivity index (χ1n) is 6.30. The van der Waals surface area contributed by atoms with Crippen LogP contribution in [0, 0.1) is 0 Å². The first-order valence-corrected chi connectivity index (χ1v) is 6.30. The molecule has 1 aliphatic rings. The zero-order chi connectivity index (χ0) is 13.3. The van der Waals surface area contributed by atoms with Gasteiger partial charge in [-0.1, -0.05) is 6.42 Å². The van der Waals surface area contributed by atoms with Crippen LogP contribution in [0.25, 0.3) is 11.3 Å². The van der Waals surface area contributed by atoms with Crippen LogP contribution in [-0.4, -0.2) is 28.0 Å². The lowest BCUT2D eigenvalue weighted by Crippen LogP contribution is -2.44. The number of methoxy groups -OCH3 is 1. The minimum absolute atomic E-state index is 0.203. The van der Waals surface area contributed by atoms with Crippen LogP contribution in [0.4, 0.5) is 0 Å². The van der Waals surface area contributed by atoms with Gasteiger partial charge in [-0.3, -0.25) is 9.78 Å². The highest BCUT2D eigenvalue weighted by molar-refractivity contribution is 5.83. The van der Waals surface area contributed by atoms with E-state index in [4.69, 9.17) is 4.74 Å². The number of esters is 1. The molecule has 2 aromatic rings.